The molecule has 1 aliphatic rings. The van der Waals surface area contributed by atoms with E-state index in [2.05, 4.69) is 97.1 Å². The van der Waals surface area contributed by atoms with Crippen LogP contribution in [0.25, 0.3) is 10.9 Å². The van der Waals surface area contributed by atoms with Crippen LogP contribution in [0.5, 0.6) is 0 Å². The fourth-order valence-electron chi connectivity index (χ4n) is 4.37. The largest absolute Gasteiger partial charge is 0.474 e. The molecule has 2 heterocycles. The Hall–Kier alpha value is -3.81. The highest BCUT2D eigenvalue weighted by molar-refractivity contribution is 7.80. The summed E-state index contributed by atoms with van der Waals surface area (Å²) in [6.07, 6.45) is 0. The Kier molecular flexibility index (Phi) is 5.63. The smallest absolute Gasteiger partial charge is 0.236 e. The number of nitrogens with zero attached hydrogens (tertiary/aromatic N) is 2. The van der Waals surface area contributed by atoms with Crippen LogP contribution < -0.4 is 15.9 Å². The van der Waals surface area contributed by atoms with Gasteiger partial charge >= 0.3 is 0 Å². The van der Waals surface area contributed by atoms with Gasteiger partial charge < -0.3 is 4.74 Å². The molecule has 0 N–H and O–H groups in total. The van der Waals surface area contributed by atoms with E-state index in [9.17, 15) is 0 Å². The first kappa shape index (κ1) is 20.8. The molecule has 34 heavy (non-hydrogen) atoms. The second kappa shape index (κ2) is 9.21. The van der Waals surface area contributed by atoms with Crippen LogP contribution in [-0.2, 0) is 4.74 Å². The predicted octanol–water partition coefficient (Wildman–Crippen LogP) is 5.51. The molecule has 0 spiro atoms. The maximum atomic E-state index is 6.02. The molecule has 1 atom stereocenters. The van der Waals surface area contributed by atoms with Crippen LogP contribution in [0, 0.1) is 0 Å². The highest BCUT2D eigenvalue weighted by atomic mass is 31.1. The fourth-order valence-corrected chi connectivity index (χ4v) is 6.79. The molecule has 0 amide bonds. The zero-order valence-electron chi connectivity index (χ0n) is 18.6. The van der Waals surface area contributed by atoms with Gasteiger partial charge in [-0.05, 0) is 30.2 Å². The first-order chi connectivity index (χ1) is 16.9. The minimum atomic E-state index is -0.758. The quantitative estimate of drug-likeness (QED) is 0.326. The van der Waals surface area contributed by atoms with Gasteiger partial charge in [0.05, 0.1) is 5.52 Å². The van der Waals surface area contributed by atoms with E-state index in [0.29, 0.717) is 12.5 Å². The van der Waals surface area contributed by atoms with Crippen molar-refractivity contribution < 1.29 is 4.74 Å². The summed E-state index contributed by atoms with van der Waals surface area (Å²) in [7, 11) is -0.758. The van der Waals surface area contributed by atoms with Crippen molar-refractivity contribution in [3.8, 4) is 0 Å². The second-order valence-electron chi connectivity index (χ2n) is 8.22. The Morgan fingerprint density at radius 3 is 1.97 bits per heavy atom. The van der Waals surface area contributed by atoms with Crippen LogP contribution >= 0.6 is 7.92 Å². The molecule has 3 nitrogen and oxygen atoms in total. The van der Waals surface area contributed by atoms with Crippen molar-refractivity contribution in [2.24, 2.45) is 4.99 Å². The van der Waals surface area contributed by atoms with E-state index in [4.69, 9.17) is 14.7 Å². The van der Waals surface area contributed by atoms with Crippen LogP contribution in [0.3, 0.4) is 0 Å². The molecular formula is C30H23N2OP. The molecule has 4 heteroatoms. The van der Waals surface area contributed by atoms with E-state index in [1.165, 1.54) is 15.9 Å². The molecule has 0 bridgehead atoms. The number of rotatable bonds is 5. The van der Waals surface area contributed by atoms with E-state index in [1.54, 1.807) is 0 Å². The fraction of sp³-hybridized carbons (Fsp3) is 0.0667. The molecule has 1 aromatic heterocycles. The number of aliphatic imine (C=N–C) groups is 1. The summed E-state index contributed by atoms with van der Waals surface area (Å²) in [5.74, 6) is 0.620. The Balaban J connectivity index is 1.47. The number of pyridine rings is 1. The van der Waals surface area contributed by atoms with Crippen LogP contribution in [0.2, 0.25) is 0 Å². The molecule has 0 unspecified atom stereocenters. The summed E-state index contributed by atoms with van der Waals surface area (Å²) in [5.41, 5.74) is 2.96. The van der Waals surface area contributed by atoms with Crippen molar-refractivity contribution in [2.75, 3.05) is 6.61 Å². The first-order valence-corrected chi connectivity index (χ1v) is 12.8. The predicted molar refractivity (Wildman–Crippen MR) is 142 cm³/mol. The van der Waals surface area contributed by atoms with Gasteiger partial charge in [0, 0.05) is 10.7 Å². The number of fused-ring (bicyclic) bond motifs is 1. The average Bonchev–Trinajstić information content (AvgIpc) is 3.41. The van der Waals surface area contributed by atoms with Gasteiger partial charge in [-0.2, -0.15) is 0 Å². The number of benzene rings is 4. The Labute approximate surface area is 200 Å². The second-order valence-corrected chi connectivity index (χ2v) is 10.4. The van der Waals surface area contributed by atoms with Gasteiger partial charge in [-0.15, -0.1) is 0 Å². The lowest BCUT2D eigenvalue weighted by atomic mass is 10.1. The van der Waals surface area contributed by atoms with Gasteiger partial charge in [0.15, 0.2) is 0 Å². The number of para-hydroxylation sites is 1. The summed E-state index contributed by atoms with van der Waals surface area (Å²) in [5, 5.41) is 4.98. The molecule has 6 rings (SSSR count). The summed E-state index contributed by atoms with van der Waals surface area (Å²) in [6.45, 7) is 0.543. The van der Waals surface area contributed by atoms with Gasteiger partial charge in [-0.3, -0.25) is 0 Å². The van der Waals surface area contributed by atoms with Crippen molar-refractivity contribution in [2.45, 2.75) is 6.04 Å². The molecule has 0 saturated carbocycles. The molecule has 5 aromatic rings. The molecule has 4 aromatic carbocycles. The molecule has 1 aliphatic heterocycles. The lowest BCUT2D eigenvalue weighted by molar-refractivity contribution is 0.319. The maximum absolute atomic E-state index is 6.02. The highest BCUT2D eigenvalue weighted by Crippen LogP contribution is 2.35. The van der Waals surface area contributed by atoms with Crippen molar-refractivity contribution in [3.63, 3.8) is 0 Å². The zero-order valence-corrected chi connectivity index (χ0v) is 19.5. The summed E-state index contributed by atoms with van der Waals surface area (Å²) in [4.78, 5) is 9.98. The van der Waals surface area contributed by atoms with E-state index in [-0.39, 0.29) is 6.04 Å². The lowest BCUT2D eigenvalue weighted by Gasteiger charge is -2.20. The van der Waals surface area contributed by atoms with Crippen LogP contribution in [0.15, 0.2) is 126 Å². The third-order valence-corrected chi connectivity index (χ3v) is 8.49. The third kappa shape index (κ3) is 4.00. The maximum Gasteiger partial charge on any atom is 0.236 e. The Morgan fingerprint density at radius 1 is 0.647 bits per heavy atom. The van der Waals surface area contributed by atoms with Gasteiger partial charge in [0.2, 0.25) is 5.90 Å². The van der Waals surface area contributed by atoms with Crippen molar-refractivity contribution in [1.29, 1.82) is 0 Å². The molecular weight excluding hydrogens is 435 g/mol. The van der Waals surface area contributed by atoms with E-state index < -0.39 is 7.92 Å². The van der Waals surface area contributed by atoms with Crippen molar-refractivity contribution >= 4 is 40.6 Å². The topological polar surface area (TPSA) is 34.5 Å². The summed E-state index contributed by atoms with van der Waals surface area (Å²) < 4.78 is 6.02. The lowest BCUT2D eigenvalue weighted by Crippen LogP contribution is -2.22. The van der Waals surface area contributed by atoms with E-state index in [1.807, 2.05) is 24.3 Å². The number of ether oxygens (including phenoxy) is 1. The number of hydrogen-bond acceptors (Lipinski definition) is 3. The zero-order chi connectivity index (χ0) is 22.7. The average molecular weight is 459 g/mol. The Morgan fingerprint density at radius 2 is 1.29 bits per heavy atom. The highest BCUT2D eigenvalue weighted by Gasteiger charge is 2.24. The van der Waals surface area contributed by atoms with Crippen LogP contribution in [-0.4, -0.2) is 17.5 Å². The van der Waals surface area contributed by atoms with Gasteiger partial charge in [0.1, 0.15) is 18.3 Å². The standard InChI is InChI=1S/C30H23N2OP/c1-4-11-22(12-5-1)27-21-33-30(32-27)26-20-19-23-13-10-18-28(29(23)31-26)34(24-14-6-2-7-15-24)25-16-8-3-9-17-25/h1-20,27H,21H2/t27-/m0/s1. The minimum Gasteiger partial charge on any atom is -0.474 e. The normalized spacial score (nSPS) is 15.3. The summed E-state index contributed by atoms with van der Waals surface area (Å²) in [6, 6.07) is 42.4. The van der Waals surface area contributed by atoms with Crippen LogP contribution in [0.1, 0.15) is 17.3 Å². The number of aromatic nitrogens is 1. The van der Waals surface area contributed by atoms with Gasteiger partial charge in [-0.1, -0.05) is 115 Å². The Bertz CT molecular complexity index is 1410. The molecule has 0 fully saturated rings. The van der Waals surface area contributed by atoms with Gasteiger partial charge in [-0.25, -0.2) is 9.98 Å². The van der Waals surface area contributed by atoms with E-state index in [0.717, 1.165) is 22.2 Å². The minimum absolute atomic E-state index is 0.00898. The SMILES string of the molecule is c1ccc([C@@H]2COC(c3ccc4cccc(P(c5ccccc5)c5ccccc5)c4n3)=N2)cc1. The van der Waals surface area contributed by atoms with E-state index >= 15 is 0 Å². The van der Waals surface area contributed by atoms with Crippen LogP contribution in [0.4, 0.5) is 0 Å². The number of hydrogen-bond donors (Lipinski definition) is 0. The van der Waals surface area contributed by atoms with Gasteiger partial charge in [0.25, 0.3) is 0 Å². The van der Waals surface area contributed by atoms with Crippen molar-refractivity contribution in [3.05, 3.63) is 133 Å². The monoisotopic (exact) mass is 458 g/mol. The molecule has 0 aliphatic carbocycles. The molecule has 0 radical (unpaired) electrons. The van der Waals surface area contributed by atoms with Crippen molar-refractivity contribution in [1.82, 2.24) is 4.98 Å². The first-order valence-electron chi connectivity index (χ1n) is 11.4. The molecule has 164 valence electrons. The third-order valence-electron chi connectivity index (χ3n) is 6.02. The summed E-state index contributed by atoms with van der Waals surface area (Å²) >= 11 is 0. The molecule has 0 saturated heterocycles.